The molecule has 1 rings (SSSR count). The fraction of sp³-hybridized carbons (Fsp3) is 0.778. The minimum atomic E-state index is -0.811. The molecule has 144 valence electrons. The van der Waals surface area contributed by atoms with Crippen LogP contribution in [0.1, 0.15) is 45.4 Å². The first-order valence-corrected chi connectivity index (χ1v) is 11.1. The van der Waals surface area contributed by atoms with Gasteiger partial charge in [-0.3, -0.25) is 9.59 Å². The Hall–Kier alpha value is -0.500. The summed E-state index contributed by atoms with van der Waals surface area (Å²) in [6, 6.07) is 0. The van der Waals surface area contributed by atoms with Gasteiger partial charge in [0, 0.05) is 12.3 Å². The van der Waals surface area contributed by atoms with Crippen LogP contribution in [0.3, 0.4) is 0 Å². The Morgan fingerprint density at radius 3 is 2.76 bits per heavy atom. The van der Waals surface area contributed by atoms with E-state index in [0.717, 1.165) is 37.2 Å². The summed E-state index contributed by atoms with van der Waals surface area (Å²) in [6.45, 7) is 2.12. The van der Waals surface area contributed by atoms with Crippen molar-refractivity contribution in [2.24, 2.45) is 5.92 Å². The van der Waals surface area contributed by atoms with E-state index in [1.807, 2.05) is 6.08 Å². The topological polar surface area (TPSA) is 94.8 Å². The van der Waals surface area contributed by atoms with Gasteiger partial charge in [-0.1, -0.05) is 38.3 Å². The Morgan fingerprint density at radius 2 is 2.08 bits per heavy atom. The molecule has 3 N–H and O–H groups in total. The van der Waals surface area contributed by atoms with Crippen LogP contribution in [0.4, 0.5) is 0 Å². The molecule has 1 aliphatic carbocycles. The second kappa shape index (κ2) is 12.8. The average Bonchev–Trinajstić information content (AvgIpc) is 2.82. The predicted molar refractivity (Wildman–Crippen MR) is 104 cm³/mol. The van der Waals surface area contributed by atoms with E-state index in [2.05, 4.69) is 6.92 Å². The Labute approximate surface area is 158 Å². The fourth-order valence-electron chi connectivity index (χ4n) is 2.80. The Morgan fingerprint density at radius 1 is 1.32 bits per heavy atom. The normalized spacial score (nSPS) is 24.9. The molecule has 7 heteroatoms. The molecule has 0 aromatic heterocycles. The monoisotopic (exact) mass is 390 g/mol. The molecule has 0 aromatic rings. The van der Waals surface area contributed by atoms with Gasteiger partial charge >= 0.3 is 5.97 Å². The van der Waals surface area contributed by atoms with Crippen molar-refractivity contribution in [1.82, 2.24) is 0 Å². The molecule has 0 heterocycles. The first-order chi connectivity index (χ1) is 12.0. The minimum Gasteiger partial charge on any atom is -0.481 e. The standard InChI is InChI=1S/C18H30O5S2/c1-2-3-4-6-13(19)7-8-14-15(20)11-16(21)18(14)25-10-5-9-24-12-17(22)23/h7-8,13-15,18-20H,2-6,9-12H2,1H3,(H,22,23)/t13?,14-,15+,18?/m0/s1. The van der Waals surface area contributed by atoms with Crippen LogP contribution in [-0.2, 0) is 9.59 Å². The van der Waals surface area contributed by atoms with Crippen LogP contribution in [0.25, 0.3) is 0 Å². The highest BCUT2D eigenvalue weighted by Gasteiger charge is 2.40. The van der Waals surface area contributed by atoms with Crippen molar-refractivity contribution in [3.63, 3.8) is 0 Å². The second-order valence-corrected chi connectivity index (χ2v) is 8.71. The number of carboxylic acid groups (broad SMARTS) is 1. The molecule has 0 saturated heterocycles. The minimum absolute atomic E-state index is 0.0609. The fourth-order valence-corrected chi connectivity index (χ4v) is 4.99. The van der Waals surface area contributed by atoms with Crippen LogP contribution in [-0.4, -0.2) is 61.8 Å². The SMILES string of the molecule is CCCCCC(O)C=C[C@@H]1C(SCCCSCC(=O)O)C(=O)C[C@H]1O. The third kappa shape index (κ3) is 9.13. The van der Waals surface area contributed by atoms with E-state index >= 15 is 0 Å². The number of aliphatic carboxylic acids is 1. The van der Waals surface area contributed by atoms with Crippen molar-refractivity contribution in [1.29, 1.82) is 0 Å². The van der Waals surface area contributed by atoms with Gasteiger partial charge in [-0.15, -0.1) is 11.8 Å². The molecular formula is C18H30O5S2. The molecule has 5 nitrogen and oxygen atoms in total. The first-order valence-electron chi connectivity index (χ1n) is 8.94. The van der Waals surface area contributed by atoms with Gasteiger partial charge in [-0.25, -0.2) is 0 Å². The maximum atomic E-state index is 12.1. The van der Waals surface area contributed by atoms with Crippen LogP contribution >= 0.6 is 23.5 Å². The highest BCUT2D eigenvalue weighted by atomic mass is 32.2. The lowest BCUT2D eigenvalue weighted by atomic mass is 10.0. The van der Waals surface area contributed by atoms with Crippen molar-refractivity contribution < 1.29 is 24.9 Å². The van der Waals surface area contributed by atoms with Gasteiger partial charge in [0.25, 0.3) is 0 Å². The maximum absolute atomic E-state index is 12.1. The third-order valence-corrected chi connectivity index (χ3v) is 6.63. The molecule has 0 aliphatic heterocycles. The van der Waals surface area contributed by atoms with Crippen LogP contribution in [0, 0.1) is 5.92 Å². The predicted octanol–water partition coefficient (Wildman–Crippen LogP) is 2.74. The van der Waals surface area contributed by atoms with Gasteiger partial charge in [-0.05, 0) is 24.3 Å². The van der Waals surface area contributed by atoms with Crippen LogP contribution in [0.15, 0.2) is 12.2 Å². The van der Waals surface area contributed by atoms with Crippen molar-refractivity contribution in [2.75, 3.05) is 17.3 Å². The molecule has 25 heavy (non-hydrogen) atoms. The van der Waals surface area contributed by atoms with Crippen LogP contribution in [0.5, 0.6) is 0 Å². The first kappa shape index (κ1) is 22.5. The zero-order valence-corrected chi connectivity index (χ0v) is 16.4. The highest BCUT2D eigenvalue weighted by Crippen LogP contribution is 2.34. The zero-order chi connectivity index (χ0) is 18.7. The smallest absolute Gasteiger partial charge is 0.313 e. The summed E-state index contributed by atoms with van der Waals surface area (Å²) < 4.78 is 0. The lowest BCUT2D eigenvalue weighted by Gasteiger charge is -2.17. The van der Waals surface area contributed by atoms with E-state index in [1.165, 1.54) is 23.5 Å². The molecule has 0 bridgehead atoms. The summed E-state index contributed by atoms with van der Waals surface area (Å²) >= 11 is 2.91. The highest BCUT2D eigenvalue weighted by molar-refractivity contribution is 8.01. The number of thioether (sulfide) groups is 2. The van der Waals surface area contributed by atoms with Crippen molar-refractivity contribution in [3.8, 4) is 0 Å². The Bertz CT molecular complexity index is 441. The van der Waals surface area contributed by atoms with E-state index in [4.69, 9.17) is 5.11 Å². The molecule has 0 spiro atoms. The van der Waals surface area contributed by atoms with Gasteiger partial charge in [-0.2, -0.15) is 11.8 Å². The molecule has 1 fully saturated rings. The summed E-state index contributed by atoms with van der Waals surface area (Å²) in [5.41, 5.74) is 0. The number of hydrogen-bond acceptors (Lipinski definition) is 6. The number of aliphatic hydroxyl groups excluding tert-OH is 2. The van der Waals surface area contributed by atoms with E-state index in [-0.39, 0.29) is 29.1 Å². The van der Waals surface area contributed by atoms with Crippen molar-refractivity contribution in [2.45, 2.75) is 62.9 Å². The Balaban J connectivity index is 2.39. The molecule has 0 aromatic carbocycles. The number of carbonyl (C=O) groups excluding carboxylic acids is 1. The molecule has 1 saturated carbocycles. The van der Waals surface area contributed by atoms with E-state index in [9.17, 15) is 19.8 Å². The number of rotatable bonds is 13. The van der Waals surface area contributed by atoms with Crippen molar-refractivity contribution >= 4 is 35.3 Å². The molecule has 0 amide bonds. The quantitative estimate of drug-likeness (QED) is 0.329. The van der Waals surface area contributed by atoms with Crippen LogP contribution in [0.2, 0.25) is 0 Å². The summed E-state index contributed by atoms with van der Waals surface area (Å²) in [5.74, 6) is 0.622. The summed E-state index contributed by atoms with van der Waals surface area (Å²) in [5, 5.41) is 28.4. The molecule has 4 atom stereocenters. The number of aliphatic hydroxyl groups is 2. The summed E-state index contributed by atoms with van der Waals surface area (Å²) in [4.78, 5) is 22.5. The lowest BCUT2D eigenvalue weighted by molar-refractivity contribution is -0.133. The summed E-state index contributed by atoms with van der Waals surface area (Å²) in [7, 11) is 0. The maximum Gasteiger partial charge on any atom is 0.313 e. The van der Waals surface area contributed by atoms with Crippen molar-refractivity contribution in [3.05, 3.63) is 12.2 Å². The molecule has 1 aliphatic rings. The summed E-state index contributed by atoms with van der Waals surface area (Å²) in [6.07, 6.45) is 7.22. The number of ketones is 1. The lowest BCUT2D eigenvalue weighted by Crippen LogP contribution is -2.22. The largest absolute Gasteiger partial charge is 0.481 e. The van der Waals surface area contributed by atoms with E-state index in [0.29, 0.717) is 6.42 Å². The third-order valence-electron chi connectivity index (χ3n) is 4.14. The number of Topliss-reactive ketones (excluding diaryl/α,β-unsaturated/α-hetero) is 1. The number of carboxylic acids is 1. The number of hydrogen-bond donors (Lipinski definition) is 3. The average molecular weight is 391 g/mol. The van der Waals surface area contributed by atoms with Gasteiger partial charge in [0.15, 0.2) is 0 Å². The molecule has 0 radical (unpaired) electrons. The zero-order valence-electron chi connectivity index (χ0n) is 14.8. The number of carbonyl (C=O) groups is 2. The van der Waals surface area contributed by atoms with E-state index < -0.39 is 18.2 Å². The molecular weight excluding hydrogens is 360 g/mol. The number of unbranched alkanes of at least 4 members (excludes halogenated alkanes) is 2. The van der Waals surface area contributed by atoms with Gasteiger partial charge in [0.1, 0.15) is 5.78 Å². The molecule has 2 unspecified atom stereocenters. The second-order valence-electron chi connectivity index (χ2n) is 6.35. The van der Waals surface area contributed by atoms with Gasteiger partial charge < -0.3 is 15.3 Å². The van der Waals surface area contributed by atoms with Crippen LogP contribution < -0.4 is 0 Å². The Kier molecular flexibility index (Phi) is 11.5. The van der Waals surface area contributed by atoms with Gasteiger partial charge in [0.2, 0.25) is 0 Å². The van der Waals surface area contributed by atoms with Gasteiger partial charge in [0.05, 0.1) is 23.2 Å². The van der Waals surface area contributed by atoms with E-state index in [1.54, 1.807) is 6.08 Å².